The van der Waals surface area contributed by atoms with Crippen molar-refractivity contribution in [2.75, 3.05) is 5.32 Å². The lowest BCUT2D eigenvalue weighted by Crippen LogP contribution is -2.15. The van der Waals surface area contributed by atoms with E-state index in [0.717, 1.165) is 16.5 Å². The van der Waals surface area contributed by atoms with E-state index in [1.807, 2.05) is 30.3 Å². The molecule has 0 bridgehead atoms. The van der Waals surface area contributed by atoms with Gasteiger partial charge < -0.3 is 10.4 Å². The van der Waals surface area contributed by atoms with Gasteiger partial charge in [0.2, 0.25) is 0 Å². The lowest BCUT2D eigenvalue weighted by molar-refractivity contribution is -0.112. The van der Waals surface area contributed by atoms with Crippen LogP contribution in [0, 0.1) is 0 Å². The van der Waals surface area contributed by atoms with Crippen molar-refractivity contribution in [3.8, 4) is 0 Å². The minimum absolute atomic E-state index is 0.0519. The molecule has 2 N–H and O–H groups in total. The average Bonchev–Trinajstić information content (AvgIpc) is 2.61. The minimum atomic E-state index is -1.09. The number of aromatic carboxylic acids is 1. The highest BCUT2D eigenvalue weighted by Crippen LogP contribution is 2.18. The highest BCUT2D eigenvalue weighted by Gasteiger charge is 2.12. The number of carboxylic acids is 1. The third kappa shape index (κ3) is 3.72. The number of carbonyl (C=O) groups excluding carboxylic acids is 1. The van der Waals surface area contributed by atoms with Gasteiger partial charge in [0.05, 0.1) is 16.8 Å². The van der Waals surface area contributed by atoms with Gasteiger partial charge in [0.1, 0.15) is 0 Å². The first-order valence-corrected chi connectivity index (χ1v) is 7.71. The summed E-state index contributed by atoms with van der Waals surface area (Å²) >= 11 is 0. The van der Waals surface area contributed by atoms with Crippen LogP contribution in [0.25, 0.3) is 17.0 Å². The van der Waals surface area contributed by atoms with E-state index in [0.29, 0.717) is 5.57 Å². The second kappa shape index (κ2) is 6.97. The van der Waals surface area contributed by atoms with Crippen molar-refractivity contribution in [2.24, 2.45) is 0 Å². The van der Waals surface area contributed by atoms with Gasteiger partial charge in [-0.15, -0.1) is 0 Å². The average molecular weight is 332 g/mol. The smallest absolute Gasteiger partial charge is 0.337 e. The number of amides is 1. The Morgan fingerprint density at radius 2 is 1.80 bits per heavy atom. The Bertz CT molecular complexity index is 993. The zero-order valence-corrected chi connectivity index (χ0v) is 13.6. The fourth-order valence-electron chi connectivity index (χ4n) is 2.48. The highest BCUT2D eigenvalue weighted by molar-refractivity contribution is 6.09. The topological polar surface area (TPSA) is 79.3 Å². The van der Waals surface area contributed by atoms with Crippen LogP contribution in [0.3, 0.4) is 0 Å². The summed E-state index contributed by atoms with van der Waals surface area (Å²) in [5, 5.41) is 12.8. The Labute approximate surface area is 144 Å². The van der Waals surface area contributed by atoms with E-state index in [9.17, 15) is 14.7 Å². The van der Waals surface area contributed by atoms with Gasteiger partial charge >= 0.3 is 5.97 Å². The van der Waals surface area contributed by atoms with Crippen LogP contribution in [-0.4, -0.2) is 22.0 Å². The zero-order chi connectivity index (χ0) is 17.8. The first-order valence-electron chi connectivity index (χ1n) is 7.71. The van der Waals surface area contributed by atoms with Crippen LogP contribution in [0.2, 0.25) is 0 Å². The standard InChI is InChI=1S/C20H16N2O3/c1-13(10-14-11-15-6-2-4-8-17(15)21-12-14)19(23)22-18-9-5-3-7-16(18)20(24)25/h2-12H,1H3,(H,22,23)(H,24,25)/b13-10+. The third-order valence-corrected chi connectivity index (χ3v) is 3.76. The van der Waals surface area contributed by atoms with E-state index < -0.39 is 5.97 Å². The maximum absolute atomic E-state index is 12.4. The summed E-state index contributed by atoms with van der Waals surface area (Å²) < 4.78 is 0. The van der Waals surface area contributed by atoms with E-state index in [1.165, 1.54) is 6.07 Å². The van der Waals surface area contributed by atoms with Crippen LogP contribution in [0.15, 0.2) is 66.4 Å². The summed E-state index contributed by atoms with van der Waals surface area (Å²) in [6.45, 7) is 1.67. The first-order chi connectivity index (χ1) is 12.0. The molecule has 124 valence electrons. The summed E-state index contributed by atoms with van der Waals surface area (Å²) in [5.74, 6) is -1.45. The molecule has 0 aliphatic carbocycles. The molecule has 1 aromatic heterocycles. The predicted octanol–water partition coefficient (Wildman–Crippen LogP) is 3.98. The van der Waals surface area contributed by atoms with Gasteiger partial charge in [-0.1, -0.05) is 30.3 Å². The molecule has 2 aromatic carbocycles. The summed E-state index contributed by atoms with van der Waals surface area (Å²) in [6, 6.07) is 16.0. The monoisotopic (exact) mass is 332 g/mol. The SMILES string of the molecule is C/C(=C\c1cnc2ccccc2c1)C(=O)Nc1ccccc1C(=O)O. The molecule has 0 fully saturated rings. The summed E-state index contributed by atoms with van der Waals surface area (Å²) in [7, 11) is 0. The van der Waals surface area contributed by atoms with E-state index in [4.69, 9.17) is 0 Å². The fourth-order valence-corrected chi connectivity index (χ4v) is 2.48. The van der Waals surface area contributed by atoms with Gasteiger partial charge in [0.15, 0.2) is 0 Å². The fraction of sp³-hybridized carbons (Fsp3) is 0.0500. The lowest BCUT2D eigenvalue weighted by Gasteiger charge is -2.08. The Kier molecular flexibility index (Phi) is 4.57. The van der Waals surface area contributed by atoms with Crippen molar-refractivity contribution in [3.05, 3.63) is 77.5 Å². The van der Waals surface area contributed by atoms with Crippen LogP contribution in [-0.2, 0) is 4.79 Å². The molecule has 1 amide bonds. The zero-order valence-electron chi connectivity index (χ0n) is 13.6. The van der Waals surface area contributed by atoms with Crippen molar-refractivity contribution in [1.82, 2.24) is 4.98 Å². The molecule has 0 atom stereocenters. The number of benzene rings is 2. The number of carbonyl (C=O) groups is 2. The Morgan fingerprint density at radius 1 is 1.08 bits per heavy atom. The van der Waals surface area contributed by atoms with Crippen molar-refractivity contribution in [1.29, 1.82) is 0 Å². The quantitative estimate of drug-likeness (QED) is 0.708. The van der Waals surface area contributed by atoms with E-state index in [1.54, 1.807) is 37.4 Å². The number of hydrogen-bond acceptors (Lipinski definition) is 3. The summed E-state index contributed by atoms with van der Waals surface area (Å²) in [4.78, 5) is 27.9. The molecule has 0 aliphatic rings. The molecule has 0 saturated heterocycles. The molecule has 3 rings (SSSR count). The second-order valence-electron chi connectivity index (χ2n) is 5.59. The van der Waals surface area contributed by atoms with E-state index in [2.05, 4.69) is 10.3 Å². The lowest BCUT2D eigenvalue weighted by atomic mass is 10.1. The maximum atomic E-state index is 12.4. The number of nitrogens with one attached hydrogen (secondary N) is 1. The molecule has 5 nitrogen and oxygen atoms in total. The molecule has 0 radical (unpaired) electrons. The number of rotatable bonds is 4. The van der Waals surface area contributed by atoms with Crippen LogP contribution in [0.5, 0.6) is 0 Å². The number of hydrogen-bond donors (Lipinski definition) is 2. The molecule has 0 saturated carbocycles. The highest BCUT2D eigenvalue weighted by atomic mass is 16.4. The van der Waals surface area contributed by atoms with E-state index >= 15 is 0 Å². The van der Waals surface area contributed by atoms with Crippen molar-refractivity contribution < 1.29 is 14.7 Å². The molecule has 25 heavy (non-hydrogen) atoms. The Morgan fingerprint density at radius 3 is 2.60 bits per heavy atom. The number of fused-ring (bicyclic) bond motifs is 1. The van der Waals surface area contributed by atoms with Gasteiger partial charge in [-0.2, -0.15) is 0 Å². The van der Waals surface area contributed by atoms with Crippen LogP contribution in [0.4, 0.5) is 5.69 Å². The van der Waals surface area contributed by atoms with Gasteiger partial charge in [-0.05, 0) is 42.8 Å². The van der Waals surface area contributed by atoms with Gasteiger partial charge in [-0.25, -0.2) is 4.79 Å². The van der Waals surface area contributed by atoms with Crippen molar-refractivity contribution in [3.63, 3.8) is 0 Å². The largest absolute Gasteiger partial charge is 0.478 e. The predicted molar refractivity (Wildman–Crippen MR) is 97.4 cm³/mol. The molecule has 0 aliphatic heterocycles. The number of pyridine rings is 1. The summed E-state index contributed by atoms with van der Waals surface area (Å²) in [6.07, 6.45) is 3.42. The molecular weight excluding hydrogens is 316 g/mol. The number of para-hydroxylation sites is 2. The normalized spacial score (nSPS) is 11.3. The molecule has 3 aromatic rings. The van der Waals surface area contributed by atoms with Crippen LogP contribution < -0.4 is 5.32 Å². The Balaban J connectivity index is 1.84. The number of anilines is 1. The molecular formula is C20H16N2O3. The van der Waals surface area contributed by atoms with E-state index in [-0.39, 0.29) is 17.2 Å². The minimum Gasteiger partial charge on any atom is -0.478 e. The van der Waals surface area contributed by atoms with Crippen molar-refractivity contribution in [2.45, 2.75) is 6.92 Å². The Hall–Kier alpha value is -3.47. The number of carboxylic acid groups (broad SMARTS) is 1. The summed E-state index contributed by atoms with van der Waals surface area (Å²) in [5.41, 5.74) is 2.47. The van der Waals surface area contributed by atoms with Crippen molar-refractivity contribution >= 4 is 34.5 Å². The first kappa shape index (κ1) is 16.4. The second-order valence-corrected chi connectivity index (χ2v) is 5.59. The number of aromatic nitrogens is 1. The number of nitrogens with zero attached hydrogens (tertiary/aromatic N) is 1. The molecule has 0 spiro atoms. The molecule has 0 unspecified atom stereocenters. The molecule has 5 heteroatoms. The van der Waals surface area contributed by atoms with Crippen LogP contribution in [0.1, 0.15) is 22.8 Å². The van der Waals surface area contributed by atoms with Crippen LogP contribution >= 0.6 is 0 Å². The van der Waals surface area contributed by atoms with Gasteiger partial charge in [0.25, 0.3) is 5.91 Å². The third-order valence-electron chi connectivity index (χ3n) is 3.76. The molecule has 1 heterocycles. The maximum Gasteiger partial charge on any atom is 0.337 e. The van der Waals surface area contributed by atoms with Gasteiger partial charge in [0, 0.05) is 17.2 Å². The van der Waals surface area contributed by atoms with Gasteiger partial charge in [-0.3, -0.25) is 9.78 Å².